The molecule has 0 bridgehead atoms. The van der Waals surface area contributed by atoms with Crippen LogP contribution in [0.2, 0.25) is 5.02 Å². The maximum atomic E-state index is 12.5. The summed E-state index contributed by atoms with van der Waals surface area (Å²) < 4.78 is 27.4. The van der Waals surface area contributed by atoms with Gasteiger partial charge in [-0.3, -0.25) is 9.82 Å². The number of sulfonamides is 1. The van der Waals surface area contributed by atoms with Crippen molar-refractivity contribution in [2.45, 2.75) is 25.4 Å². The van der Waals surface area contributed by atoms with Gasteiger partial charge in [-0.25, -0.2) is 0 Å². The summed E-state index contributed by atoms with van der Waals surface area (Å²) in [5.74, 6) is 0. The third-order valence-corrected chi connectivity index (χ3v) is 4.66. The van der Waals surface area contributed by atoms with Crippen LogP contribution in [0.25, 0.3) is 0 Å². The summed E-state index contributed by atoms with van der Waals surface area (Å²) in [5.41, 5.74) is 2.60. The lowest BCUT2D eigenvalue weighted by Gasteiger charge is -2.10. The van der Waals surface area contributed by atoms with Gasteiger partial charge in [0.25, 0.3) is 10.0 Å². The highest BCUT2D eigenvalue weighted by Crippen LogP contribution is 2.26. The lowest BCUT2D eigenvalue weighted by molar-refractivity contribution is 0.595. The zero-order chi connectivity index (χ0) is 15.6. The number of rotatable bonds is 5. The smallest absolute Gasteiger partial charge is 0.281 e. The van der Waals surface area contributed by atoms with Crippen LogP contribution in [0.5, 0.6) is 0 Å². The van der Waals surface area contributed by atoms with E-state index in [4.69, 9.17) is 11.6 Å². The van der Waals surface area contributed by atoms with Gasteiger partial charge in [0, 0.05) is 17.8 Å². The minimum Gasteiger partial charge on any atom is -0.316 e. The number of aromatic nitrogens is 2. The van der Waals surface area contributed by atoms with Gasteiger partial charge in [0.05, 0.1) is 10.7 Å². The van der Waals surface area contributed by atoms with Crippen molar-refractivity contribution in [2.75, 3.05) is 11.8 Å². The van der Waals surface area contributed by atoms with E-state index in [1.54, 1.807) is 32.2 Å². The fourth-order valence-corrected chi connectivity index (χ4v) is 3.55. The molecular weight excluding hydrogens is 312 g/mol. The Bertz CT molecular complexity index is 756. The molecule has 0 fully saturated rings. The van der Waals surface area contributed by atoms with Crippen molar-refractivity contribution in [3.05, 3.63) is 40.0 Å². The summed E-state index contributed by atoms with van der Waals surface area (Å²) in [6.45, 7) is 4.06. The van der Waals surface area contributed by atoms with E-state index >= 15 is 0 Å². The highest BCUT2D eigenvalue weighted by molar-refractivity contribution is 7.92. The largest absolute Gasteiger partial charge is 0.316 e. The number of nitrogens with zero attached hydrogens (tertiary/aromatic N) is 1. The molecule has 1 aromatic carbocycles. The van der Waals surface area contributed by atoms with E-state index in [1.807, 2.05) is 6.92 Å². The summed E-state index contributed by atoms with van der Waals surface area (Å²) in [6.07, 6.45) is 0. The molecule has 3 N–H and O–H groups in total. The number of hydrogen-bond donors (Lipinski definition) is 3. The SMILES string of the molecule is CNCc1c(S(=O)(=O)Nc2ccc(C)cc2Cl)n[nH]c1C. The van der Waals surface area contributed by atoms with Crippen molar-refractivity contribution < 1.29 is 8.42 Å². The maximum absolute atomic E-state index is 12.5. The summed E-state index contributed by atoms with van der Waals surface area (Å²) in [4.78, 5) is 0. The molecule has 1 aromatic heterocycles. The Kier molecular flexibility index (Phi) is 4.55. The number of anilines is 1. The minimum absolute atomic E-state index is 0.0222. The van der Waals surface area contributed by atoms with Gasteiger partial charge in [0.15, 0.2) is 0 Å². The van der Waals surface area contributed by atoms with Crippen LogP contribution >= 0.6 is 11.6 Å². The Hall–Kier alpha value is -1.57. The van der Waals surface area contributed by atoms with E-state index < -0.39 is 10.0 Å². The standard InChI is InChI=1S/C13H17ClN4O2S/c1-8-4-5-12(11(14)6-8)18-21(19,20)13-10(7-15-3)9(2)16-17-13/h4-6,15,18H,7H2,1-3H3,(H,16,17). The van der Waals surface area contributed by atoms with Crippen LogP contribution in [0.1, 0.15) is 16.8 Å². The number of nitrogens with one attached hydrogen (secondary N) is 3. The van der Waals surface area contributed by atoms with Crippen LogP contribution in [0, 0.1) is 13.8 Å². The van der Waals surface area contributed by atoms with Gasteiger partial charge < -0.3 is 5.32 Å². The van der Waals surface area contributed by atoms with Crippen LogP contribution in [-0.4, -0.2) is 25.7 Å². The first kappa shape index (κ1) is 15.8. The molecular formula is C13H17ClN4O2S. The molecule has 0 atom stereocenters. The van der Waals surface area contributed by atoms with E-state index in [0.717, 1.165) is 5.56 Å². The lowest BCUT2D eigenvalue weighted by atomic mass is 10.2. The van der Waals surface area contributed by atoms with Gasteiger partial charge >= 0.3 is 0 Å². The van der Waals surface area contributed by atoms with E-state index in [2.05, 4.69) is 20.2 Å². The molecule has 0 aliphatic rings. The lowest BCUT2D eigenvalue weighted by Crippen LogP contribution is -2.17. The normalized spacial score (nSPS) is 11.6. The molecule has 21 heavy (non-hydrogen) atoms. The van der Waals surface area contributed by atoms with Crippen molar-refractivity contribution >= 4 is 27.3 Å². The predicted molar refractivity (Wildman–Crippen MR) is 83.1 cm³/mol. The fraction of sp³-hybridized carbons (Fsp3) is 0.308. The highest BCUT2D eigenvalue weighted by atomic mass is 35.5. The topological polar surface area (TPSA) is 86.9 Å². The van der Waals surface area contributed by atoms with Crippen LogP contribution in [0.4, 0.5) is 5.69 Å². The summed E-state index contributed by atoms with van der Waals surface area (Å²) in [7, 11) is -2.05. The molecule has 114 valence electrons. The van der Waals surface area contributed by atoms with Gasteiger partial charge in [0.1, 0.15) is 0 Å². The molecule has 0 aliphatic heterocycles. The van der Waals surface area contributed by atoms with Crippen molar-refractivity contribution in [2.24, 2.45) is 0 Å². The second-order valence-electron chi connectivity index (χ2n) is 4.75. The van der Waals surface area contributed by atoms with Gasteiger partial charge in [-0.15, -0.1) is 0 Å². The Labute approximate surface area is 129 Å². The van der Waals surface area contributed by atoms with E-state index in [-0.39, 0.29) is 5.03 Å². The molecule has 0 saturated heterocycles. The van der Waals surface area contributed by atoms with Crippen LogP contribution in [0.3, 0.4) is 0 Å². The molecule has 0 amide bonds. The van der Waals surface area contributed by atoms with E-state index in [0.29, 0.717) is 28.5 Å². The van der Waals surface area contributed by atoms with E-state index in [9.17, 15) is 8.42 Å². The monoisotopic (exact) mass is 328 g/mol. The minimum atomic E-state index is -3.80. The number of aryl methyl sites for hydroxylation is 2. The van der Waals surface area contributed by atoms with E-state index in [1.165, 1.54) is 0 Å². The molecule has 2 aromatic rings. The van der Waals surface area contributed by atoms with Crippen molar-refractivity contribution in [3.8, 4) is 0 Å². The third-order valence-electron chi connectivity index (χ3n) is 3.01. The zero-order valence-corrected chi connectivity index (χ0v) is 13.6. The molecule has 0 saturated carbocycles. The second-order valence-corrected chi connectivity index (χ2v) is 6.76. The Morgan fingerprint density at radius 2 is 2.05 bits per heavy atom. The first-order valence-electron chi connectivity index (χ1n) is 6.32. The molecule has 0 radical (unpaired) electrons. The number of aromatic amines is 1. The molecule has 0 unspecified atom stereocenters. The fourth-order valence-electron chi connectivity index (χ4n) is 1.93. The Morgan fingerprint density at radius 3 is 2.67 bits per heavy atom. The summed E-state index contributed by atoms with van der Waals surface area (Å²) in [6, 6.07) is 5.12. The van der Waals surface area contributed by atoms with Crippen molar-refractivity contribution in [3.63, 3.8) is 0 Å². The zero-order valence-electron chi connectivity index (χ0n) is 12.0. The summed E-state index contributed by atoms with van der Waals surface area (Å²) in [5, 5.41) is 9.84. The van der Waals surface area contributed by atoms with Gasteiger partial charge in [-0.1, -0.05) is 17.7 Å². The Morgan fingerprint density at radius 1 is 1.33 bits per heavy atom. The average molecular weight is 329 g/mol. The van der Waals surface area contributed by atoms with Gasteiger partial charge in [0.2, 0.25) is 5.03 Å². The highest BCUT2D eigenvalue weighted by Gasteiger charge is 2.24. The first-order valence-corrected chi connectivity index (χ1v) is 8.18. The number of benzene rings is 1. The molecule has 0 aliphatic carbocycles. The average Bonchev–Trinajstić information content (AvgIpc) is 2.76. The van der Waals surface area contributed by atoms with Gasteiger partial charge in [-0.05, 0) is 38.6 Å². The molecule has 8 heteroatoms. The molecule has 1 heterocycles. The third kappa shape index (κ3) is 3.37. The number of hydrogen-bond acceptors (Lipinski definition) is 4. The number of halogens is 1. The maximum Gasteiger partial charge on any atom is 0.281 e. The van der Waals surface area contributed by atoms with Crippen LogP contribution in [0.15, 0.2) is 23.2 Å². The number of H-pyrrole nitrogens is 1. The first-order chi connectivity index (χ1) is 9.85. The summed E-state index contributed by atoms with van der Waals surface area (Å²) >= 11 is 6.06. The molecule has 0 spiro atoms. The Balaban J connectivity index is 2.39. The molecule has 6 nitrogen and oxygen atoms in total. The quantitative estimate of drug-likeness (QED) is 0.785. The van der Waals surface area contributed by atoms with Crippen LogP contribution in [-0.2, 0) is 16.6 Å². The van der Waals surface area contributed by atoms with Crippen molar-refractivity contribution in [1.29, 1.82) is 0 Å². The van der Waals surface area contributed by atoms with Crippen LogP contribution < -0.4 is 10.0 Å². The van der Waals surface area contributed by atoms with Crippen molar-refractivity contribution in [1.82, 2.24) is 15.5 Å². The predicted octanol–water partition coefficient (Wildman–Crippen LogP) is 2.20. The second kappa shape index (κ2) is 6.05. The van der Waals surface area contributed by atoms with Gasteiger partial charge in [-0.2, -0.15) is 13.5 Å². The molecule has 2 rings (SSSR count).